The maximum atomic E-state index is 6.59. The van der Waals surface area contributed by atoms with E-state index in [0.717, 1.165) is 138 Å². The summed E-state index contributed by atoms with van der Waals surface area (Å²) in [6, 6.07) is 126. The van der Waals surface area contributed by atoms with Crippen LogP contribution in [0.3, 0.4) is 0 Å². The number of rotatable bonds is 16. The Bertz CT molecular complexity index is 7330. The normalized spacial score (nSPS) is 11.5. The summed E-state index contributed by atoms with van der Waals surface area (Å²) in [7, 11) is 0. The molecule has 15 heteroatoms. The van der Waals surface area contributed by atoms with Crippen molar-refractivity contribution in [3.8, 4) is 102 Å². The molecule has 0 bridgehead atoms. The van der Waals surface area contributed by atoms with Gasteiger partial charge in [0.05, 0.1) is 66.7 Å². The number of ether oxygens (including phenoxy) is 2. The molecule has 0 N–H and O–H groups in total. The third kappa shape index (κ3) is 13.7. The van der Waals surface area contributed by atoms with Crippen LogP contribution in [0.4, 0.5) is 0 Å². The van der Waals surface area contributed by atoms with Crippen molar-refractivity contribution in [2.45, 2.75) is 39.5 Å². The van der Waals surface area contributed by atoms with Crippen molar-refractivity contribution < 1.29 is 60.7 Å². The molecule has 584 valence electrons. The van der Waals surface area contributed by atoms with Gasteiger partial charge in [-0.3, -0.25) is 14.1 Å². The predicted octanol–water partition coefficient (Wildman–Crippen LogP) is 25.9. The third-order valence-electron chi connectivity index (χ3n) is 22.0. The second-order valence-corrected chi connectivity index (χ2v) is 31.6. The Morgan fingerprint density at radius 1 is 0.333 bits per heavy atom. The summed E-state index contributed by atoms with van der Waals surface area (Å²) in [6.07, 6.45) is 11.1. The molecule has 11 nitrogen and oxygen atoms in total. The van der Waals surface area contributed by atoms with Crippen molar-refractivity contribution >= 4 is 109 Å². The molecule has 0 aliphatic rings. The molecule has 0 fully saturated rings. The first-order valence-corrected chi connectivity index (χ1v) is 41.3. The van der Waals surface area contributed by atoms with Gasteiger partial charge in [0.2, 0.25) is 0 Å². The molecule has 22 rings (SSSR count). The van der Waals surface area contributed by atoms with Gasteiger partial charge in [-0.25, -0.2) is 4.98 Å². The Balaban J connectivity index is 0.000000161. The van der Waals surface area contributed by atoms with Crippen LogP contribution in [0.5, 0.6) is 23.0 Å². The van der Waals surface area contributed by atoms with E-state index in [9.17, 15) is 0 Å². The topological polar surface area (TPSA) is 84.6 Å². The summed E-state index contributed by atoms with van der Waals surface area (Å²) in [5, 5.41) is 10.5. The average Bonchev–Trinajstić information content (AvgIpc) is 1.55. The Labute approximate surface area is 730 Å². The van der Waals surface area contributed by atoms with E-state index in [-0.39, 0.29) is 42.1 Å². The van der Waals surface area contributed by atoms with E-state index in [4.69, 9.17) is 14.5 Å². The fourth-order valence-corrected chi connectivity index (χ4v) is 19.1. The van der Waals surface area contributed by atoms with Gasteiger partial charge in [0.1, 0.15) is 12.0 Å². The van der Waals surface area contributed by atoms with Crippen molar-refractivity contribution in [3.05, 3.63) is 393 Å². The molecule has 0 amide bonds. The van der Waals surface area contributed by atoms with Crippen molar-refractivity contribution in [1.82, 2.24) is 33.2 Å². The van der Waals surface area contributed by atoms with Crippen molar-refractivity contribution in [1.29, 1.82) is 0 Å². The number of hydrogen-bond acceptors (Lipinski definition) is 7. The summed E-state index contributed by atoms with van der Waals surface area (Å²) in [4.78, 5) is 14.1. The van der Waals surface area contributed by atoms with Crippen LogP contribution in [-0.4, -0.2) is 33.2 Å². The largest absolute Gasteiger partial charge is 0.503 e. The summed E-state index contributed by atoms with van der Waals surface area (Å²) in [5.74, 6) is 3.12. The van der Waals surface area contributed by atoms with Crippen molar-refractivity contribution in [3.63, 3.8) is 0 Å². The maximum Gasteiger partial charge on any atom is 0.268 e. The molecule has 0 saturated carbocycles. The number of aromatic nitrogens is 9. The zero-order chi connectivity index (χ0) is 78.9. The van der Waals surface area contributed by atoms with Gasteiger partial charge in [0.15, 0.2) is 0 Å². The van der Waals surface area contributed by atoms with Crippen LogP contribution in [0.2, 0.25) is 0 Å². The van der Waals surface area contributed by atoms with Crippen LogP contribution >= 0.6 is 22.7 Å². The molecule has 0 unspecified atom stereocenters. The van der Waals surface area contributed by atoms with E-state index in [1.807, 2.05) is 72.9 Å². The fraction of sp³-hybridized carbons (Fsp3) is 0.0571. The monoisotopic (exact) mass is 1940 g/mol. The number of para-hydroxylation sites is 10. The fourth-order valence-electron chi connectivity index (χ4n) is 16.6. The maximum absolute atomic E-state index is 6.59. The summed E-state index contributed by atoms with van der Waals surface area (Å²) in [5.41, 5.74) is 25.8. The van der Waals surface area contributed by atoms with Crippen LogP contribution in [0.1, 0.15) is 50.7 Å². The summed E-state index contributed by atoms with van der Waals surface area (Å²) < 4.78 is 28.6. The zero-order valence-electron chi connectivity index (χ0n) is 65.4. The van der Waals surface area contributed by atoms with Gasteiger partial charge in [-0.1, -0.05) is 246 Å². The molecule has 22 aromatic rings. The average molecular weight is 1950 g/mol. The zero-order valence-corrected chi connectivity index (χ0v) is 71.5. The molecular formula is C105H71N9O2Pt2S2-4. The first-order valence-electron chi connectivity index (χ1n) is 39.5. The number of thiophene rings is 2. The number of imidazole rings is 2. The van der Waals surface area contributed by atoms with E-state index >= 15 is 0 Å². The molecular weight excluding hydrogens is 1870 g/mol. The van der Waals surface area contributed by atoms with E-state index in [0.29, 0.717) is 34.8 Å². The molecule has 0 radical (unpaired) electrons. The first kappa shape index (κ1) is 76.7. The Kier molecular flexibility index (Phi) is 20.8. The van der Waals surface area contributed by atoms with Crippen LogP contribution in [0.15, 0.2) is 345 Å². The molecule has 0 atom stereocenters. The van der Waals surface area contributed by atoms with Gasteiger partial charge in [-0.2, -0.15) is 35.6 Å². The minimum Gasteiger partial charge on any atom is -0.503 e. The van der Waals surface area contributed by atoms with Crippen LogP contribution in [0, 0.1) is 36.9 Å². The quantitative estimate of drug-likeness (QED) is 0.0711. The standard InChI is InChI=1S/C59H39N5OS.C46H32N4OS.2Pt/c1-38(2)48-36-66-59-47(48)32-33-60-57(59)39-16-13-18-41(34-39)65-42-19-14-17-40(35-42)61-37-62(54-29-12-11-28-53(54)61)58-55(63-49-24-7-3-20-43(49)44-21-4-8-25-50(44)63)30-15-31-56(58)64-51-26-9-5-22-45(51)46-23-6-10-27-52(46)64;1-31(2)40-28-52-46-43(47-29-48-44(40)46)34-18-11-20-36(26-34)51-37-21-12-19-35(27-37)49-30-50(42-25-10-9-24-41(42)49)45-38(32-14-5-3-6-15-32)22-13-23-39(45)33-16-7-4-8-17-33;;/h3-33,36,38H,1-2H3;3-25,28-29,31H,1-2H3;;/q2*-2;;. The summed E-state index contributed by atoms with van der Waals surface area (Å²) >= 11 is 3.41. The molecule has 0 saturated heterocycles. The number of nitrogens with zero attached hydrogens (tertiary/aromatic N) is 9. The first-order chi connectivity index (χ1) is 58.2. The molecule has 120 heavy (non-hydrogen) atoms. The van der Waals surface area contributed by atoms with Gasteiger partial charge in [0, 0.05) is 114 Å². The molecule has 0 spiro atoms. The second-order valence-electron chi connectivity index (χ2n) is 29.8. The van der Waals surface area contributed by atoms with Crippen molar-refractivity contribution in [2.75, 3.05) is 0 Å². The van der Waals surface area contributed by atoms with Gasteiger partial charge in [0.25, 0.3) is 12.7 Å². The Morgan fingerprint density at radius 3 is 1.21 bits per heavy atom. The van der Waals surface area contributed by atoms with Crippen LogP contribution in [-0.2, 0) is 42.1 Å². The smallest absolute Gasteiger partial charge is 0.268 e. The predicted molar refractivity (Wildman–Crippen MR) is 478 cm³/mol. The van der Waals surface area contributed by atoms with Crippen LogP contribution < -0.4 is 18.6 Å². The van der Waals surface area contributed by atoms with Gasteiger partial charge in [-0.05, 0) is 115 Å². The third-order valence-corrected chi connectivity index (χ3v) is 24.0. The van der Waals surface area contributed by atoms with E-state index in [1.54, 1.807) is 29.0 Å². The number of pyridine rings is 1. The van der Waals surface area contributed by atoms with Gasteiger partial charge in [-0.15, -0.1) is 83.1 Å². The summed E-state index contributed by atoms with van der Waals surface area (Å²) in [6.45, 7) is 8.84. The van der Waals surface area contributed by atoms with E-state index < -0.39 is 0 Å². The van der Waals surface area contributed by atoms with Crippen molar-refractivity contribution in [2.24, 2.45) is 0 Å². The number of benzene rings is 14. The molecule has 0 aliphatic carbocycles. The molecule has 8 heterocycles. The Hall–Kier alpha value is -13.3. The van der Waals surface area contributed by atoms with Gasteiger partial charge >= 0.3 is 0 Å². The molecule has 14 aromatic carbocycles. The van der Waals surface area contributed by atoms with Crippen LogP contribution in [0.25, 0.3) is 165 Å². The minimum atomic E-state index is 0. The number of hydrogen-bond donors (Lipinski definition) is 0. The van der Waals surface area contributed by atoms with Gasteiger partial charge < -0.3 is 32.7 Å². The minimum absolute atomic E-state index is 0. The molecule has 0 aliphatic heterocycles. The SMILES string of the molecule is CC(C)c1csc2c(-c3[c-]c(Oc4[c-]c(-n5[c-][n+](-c6c(-c7ccccc7)cccc6-c6ccccc6)c6ccccc65)ccc4)ccc3)ncnc12.CC(C)c1csc2c(-c3[c-]c(Oc4[c-]c(-n5[c-][n+](-c6c(-n7c8ccccc8c8ccccc87)cccc6-n6c7ccccc7c7ccccc76)c6ccccc65)ccc4)ccc3)nccc12.[Pt].[Pt]. The van der Waals surface area contributed by atoms with E-state index in [2.05, 4.69) is 368 Å². The molecule has 8 aromatic heterocycles. The second kappa shape index (κ2) is 32.6. The number of fused-ring (bicyclic) bond motifs is 10. The van der Waals surface area contributed by atoms with E-state index in [1.165, 1.54) is 38.1 Å². The Morgan fingerprint density at radius 2 is 0.725 bits per heavy atom.